The molecular formula is C10H16O2. The van der Waals surface area contributed by atoms with Gasteiger partial charge in [0.15, 0.2) is 0 Å². The fourth-order valence-corrected chi connectivity index (χ4v) is 0.779. The number of rotatable bonds is 6. The molecule has 1 N–H and O–H groups in total. The zero-order chi connectivity index (χ0) is 9.23. The van der Waals surface area contributed by atoms with Crippen molar-refractivity contribution in [2.75, 3.05) is 0 Å². The van der Waals surface area contributed by atoms with Crippen LogP contribution >= 0.6 is 0 Å². The molecule has 0 fully saturated rings. The molecule has 0 aromatic carbocycles. The summed E-state index contributed by atoms with van der Waals surface area (Å²) >= 11 is 0. The van der Waals surface area contributed by atoms with Crippen LogP contribution in [0.15, 0.2) is 24.3 Å². The van der Waals surface area contributed by atoms with Crippen molar-refractivity contribution >= 4 is 5.97 Å². The zero-order valence-corrected chi connectivity index (χ0v) is 7.49. The molecule has 0 unspecified atom stereocenters. The zero-order valence-electron chi connectivity index (χ0n) is 7.49. The molecular weight excluding hydrogens is 152 g/mol. The van der Waals surface area contributed by atoms with Crippen LogP contribution in [0.3, 0.4) is 0 Å². The van der Waals surface area contributed by atoms with E-state index in [2.05, 4.69) is 19.1 Å². The highest BCUT2D eigenvalue weighted by Crippen LogP contribution is 1.95. The van der Waals surface area contributed by atoms with Gasteiger partial charge in [0.1, 0.15) is 0 Å². The predicted octanol–water partition coefficient (Wildman–Crippen LogP) is 2.76. The van der Waals surface area contributed by atoms with Crippen molar-refractivity contribution in [3.8, 4) is 0 Å². The Morgan fingerprint density at radius 3 is 2.33 bits per heavy atom. The number of aliphatic carboxylic acids is 1. The van der Waals surface area contributed by atoms with Crippen molar-refractivity contribution in [1.29, 1.82) is 0 Å². The minimum Gasteiger partial charge on any atom is -0.478 e. The Balaban J connectivity index is 3.26. The summed E-state index contributed by atoms with van der Waals surface area (Å²) in [6.07, 6.45) is 11.1. The summed E-state index contributed by atoms with van der Waals surface area (Å²) in [5.41, 5.74) is 0. The van der Waals surface area contributed by atoms with Crippen molar-refractivity contribution < 1.29 is 9.90 Å². The van der Waals surface area contributed by atoms with E-state index >= 15 is 0 Å². The fourth-order valence-electron chi connectivity index (χ4n) is 0.779. The molecule has 0 aromatic rings. The average Bonchev–Trinajstić information content (AvgIpc) is 2.02. The SMILES string of the molecule is CCC/C=C\CC/C=C/C(=O)O. The molecule has 12 heavy (non-hydrogen) atoms. The summed E-state index contributed by atoms with van der Waals surface area (Å²) in [6.45, 7) is 2.13. The summed E-state index contributed by atoms with van der Waals surface area (Å²) in [5, 5.41) is 8.25. The minimum atomic E-state index is -0.868. The number of carboxylic acid groups (broad SMARTS) is 1. The van der Waals surface area contributed by atoms with E-state index in [0.29, 0.717) is 0 Å². The maximum absolute atomic E-state index is 10.0. The van der Waals surface area contributed by atoms with Crippen LogP contribution in [0.5, 0.6) is 0 Å². The second kappa shape index (κ2) is 8.05. The molecule has 0 radical (unpaired) electrons. The Kier molecular flexibility index (Phi) is 7.35. The van der Waals surface area contributed by atoms with Gasteiger partial charge in [0.2, 0.25) is 0 Å². The van der Waals surface area contributed by atoms with Gasteiger partial charge in [-0.3, -0.25) is 0 Å². The Morgan fingerprint density at radius 1 is 1.17 bits per heavy atom. The van der Waals surface area contributed by atoms with Crippen LogP contribution in [0.1, 0.15) is 32.6 Å². The summed E-state index contributed by atoms with van der Waals surface area (Å²) < 4.78 is 0. The lowest BCUT2D eigenvalue weighted by Gasteiger charge is -1.86. The van der Waals surface area contributed by atoms with Gasteiger partial charge >= 0.3 is 5.97 Å². The Bertz CT molecular complexity index is 169. The maximum atomic E-state index is 10.0. The van der Waals surface area contributed by atoms with Crippen molar-refractivity contribution in [3.05, 3.63) is 24.3 Å². The Hall–Kier alpha value is -1.05. The normalized spacial score (nSPS) is 11.4. The van der Waals surface area contributed by atoms with Gasteiger partial charge in [-0.25, -0.2) is 4.79 Å². The lowest BCUT2D eigenvalue weighted by atomic mass is 10.2. The first-order chi connectivity index (χ1) is 5.77. The third-order valence-corrected chi connectivity index (χ3v) is 1.38. The summed E-state index contributed by atoms with van der Waals surface area (Å²) in [6, 6.07) is 0. The Labute approximate surface area is 73.6 Å². The molecule has 0 heterocycles. The molecule has 0 saturated heterocycles. The number of carboxylic acids is 1. The number of unbranched alkanes of at least 4 members (excludes halogenated alkanes) is 2. The van der Waals surface area contributed by atoms with E-state index in [-0.39, 0.29) is 0 Å². The number of carbonyl (C=O) groups is 1. The highest BCUT2D eigenvalue weighted by Gasteiger charge is 1.83. The van der Waals surface area contributed by atoms with E-state index in [4.69, 9.17) is 5.11 Å². The molecule has 0 aliphatic rings. The smallest absolute Gasteiger partial charge is 0.327 e. The van der Waals surface area contributed by atoms with E-state index in [1.54, 1.807) is 6.08 Å². The molecule has 2 heteroatoms. The maximum Gasteiger partial charge on any atom is 0.327 e. The number of hydrogen-bond acceptors (Lipinski definition) is 1. The molecule has 0 aliphatic heterocycles. The molecule has 0 saturated carbocycles. The van der Waals surface area contributed by atoms with Crippen molar-refractivity contribution in [1.82, 2.24) is 0 Å². The van der Waals surface area contributed by atoms with Crippen LogP contribution in [0, 0.1) is 0 Å². The van der Waals surface area contributed by atoms with Crippen molar-refractivity contribution in [2.45, 2.75) is 32.6 Å². The van der Waals surface area contributed by atoms with Gasteiger partial charge in [0.05, 0.1) is 0 Å². The first kappa shape index (κ1) is 11.0. The highest BCUT2D eigenvalue weighted by atomic mass is 16.4. The highest BCUT2D eigenvalue weighted by molar-refractivity contribution is 5.79. The van der Waals surface area contributed by atoms with Crippen LogP contribution in [-0.2, 0) is 4.79 Å². The van der Waals surface area contributed by atoms with Crippen molar-refractivity contribution in [3.63, 3.8) is 0 Å². The second-order valence-electron chi connectivity index (χ2n) is 2.58. The van der Waals surface area contributed by atoms with Crippen molar-refractivity contribution in [2.24, 2.45) is 0 Å². The lowest BCUT2D eigenvalue weighted by Crippen LogP contribution is -1.85. The summed E-state index contributed by atoms with van der Waals surface area (Å²) in [7, 11) is 0. The topological polar surface area (TPSA) is 37.3 Å². The largest absolute Gasteiger partial charge is 0.478 e. The molecule has 0 aliphatic carbocycles. The number of hydrogen-bond donors (Lipinski definition) is 1. The van der Waals surface area contributed by atoms with E-state index < -0.39 is 5.97 Å². The van der Waals surface area contributed by atoms with E-state index in [0.717, 1.165) is 19.3 Å². The third kappa shape index (κ3) is 8.95. The molecule has 68 valence electrons. The van der Waals surface area contributed by atoms with Gasteiger partial charge in [0.25, 0.3) is 0 Å². The standard InChI is InChI=1S/C10H16O2/c1-2-3-4-5-6-7-8-9-10(11)12/h4-5,8-9H,2-3,6-7H2,1H3,(H,11,12)/b5-4-,9-8+. The molecule has 0 aromatic heterocycles. The summed E-state index contributed by atoms with van der Waals surface area (Å²) in [4.78, 5) is 10.0. The van der Waals surface area contributed by atoms with Gasteiger partial charge in [-0.1, -0.05) is 31.6 Å². The van der Waals surface area contributed by atoms with Crippen LogP contribution < -0.4 is 0 Å². The molecule has 0 bridgehead atoms. The third-order valence-electron chi connectivity index (χ3n) is 1.38. The van der Waals surface area contributed by atoms with Gasteiger partial charge in [0, 0.05) is 6.08 Å². The molecule has 0 rings (SSSR count). The second-order valence-corrected chi connectivity index (χ2v) is 2.58. The lowest BCUT2D eigenvalue weighted by molar-refractivity contribution is -0.131. The molecule has 0 atom stereocenters. The summed E-state index contributed by atoms with van der Waals surface area (Å²) in [5.74, 6) is -0.868. The minimum absolute atomic E-state index is 0.812. The van der Waals surface area contributed by atoms with Gasteiger partial charge < -0.3 is 5.11 Å². The fraction of sp³-hybridized carbons (Fsp3) is 0.500. The number of allylic oxidation sites excluding steroid dienone is 3. The average molecular weight is 168 g/mol. The molecule has 0 amide bonds. The van der Waals surface area contributed by atoms with Crippen LogP contribution in [0.2, 0.25) is 0 Å². The first-order valence-electron chi connectivity index (χ1n) is 4.31. The van der Waals surface area contributed by atoms with Crippen LogP contribution in [0.4, 0.5) is 0 Å². The Morgan fingerprint density at radius 2 is 1.75 bits per heavy atom. The first-order valence-corrected chi connectivity index (χ1v) is 4.31. The van der Waals surface area contributed by atoms with E-state index in [9.17, 15) is 4.79 Å². The van der Waals surface area contributed by atoms with Gasteiger partial charge in [-0.05, 0) is 19.3 Å². The monoisotopic (exact) mass is 168 g/mol. The predicted molar refractivity (Wildman–Crippen MR) is 50.1 cm³/mol. The van der Waals surface area contributed by atoms with E-state index in [1.807, 2.05) is 0 Å². The molecule has 0 spiro atoms. The van der Waals surface area contributed by atoms with E-state index in [1.165, 1.54) is 12.5 Å². The quantitative estimate of drug-likeness (QED) is 0.376. The van der Waals surface area contributed by atoms with Crippen LogP contribution in [-0.4, -0.2) is 11.1 Å². The van der Waals surface area contributed by atoms with Gasteiger partial charge in [-0.15, -0.1) is 0 Å². The van der Waals surface area contributed by atoms with Crippen LogP contribution in [0.25, 0.3) is 0 Å². The van der Waals surface area contributed by atoms with Gasteiger partial charge in [-0.2, -0.15) is 0 Å². The molecule has 2 nitrogen and oxygen atoms in total.